The number of aromatic nitrogens is 3. The fourth-order valence-corrected chi connectivity index (χ4v) is 4.56. The lowest BCUT2D eigenvalue weighted by Gasteiger charge is -2.32. The maximum Gasteiger partial charge on any atom is 0.274 e. The smallest absolute Gasteiger partial charge is 0.274 e. The second-order valence-corrected chi connectivity index (χ2v) is 8.07. The van der Waals surface area contributed by atoms with Gasteiger partial charge >= 0.3 is 0 Å². The Labute approximate surface area is 176 Å². The molecule has 3 aromatic heterocycles. The normalized spacial score (nSPS) is 18.7. The molecule has 7 nitrogen and oxygen atoms in total. The van der Waals surface area contributed by atoms with Gasteiger partial charge in [-0.3, -0.25) is 14.7 Å². The van der Waals surface area contributed by atoms with E-state index in [1.54, 1.807) is 0 Å². The van der Waals surface area contributed by atoms with Crippen LogP contribution in [0.4, 0.5) is 0 Å². The van der Waals surface area contributed by atoms with E-state index in [2.05, 4.69) is 26.4 Å². The average Bonchev–Trinajstić information content (AvgIpc) is 3.18. The molecule has 156 valence electrons. The van der Waals surface area contributed by atoms with Crippen LogP contribution in [0, 0.1) is 0 Å². The highest BCUT2D eigenvalue weighted by atomic mass is 16.5. The highest BCUT2D eigenvalue weighted by Gasteiger charge is 2.28. The summed E-state index contributed by atoms with van der Waals surface area (Å²) < 4.78 is 7.48. The fourth-order valence-electron chi connectivity index (χ4n) is 4.56. The van der Waals surface area contributed by atoms with Crippen molar-refractivity contribution >= 4 is 11.6 Å². The first-order valence-electron chi connectivity index (χ1n) is 10.7. The van der Waals surface area contributed by atoms with Gasteiger partial charge in [0.2, 0.25) is 0 Å². The van der Waals surface area contributed by atoms with Gasteiger partial charge in [-0.1, -0.05) is 6.07 Å². The third-order valence-corrected chi connectivity index (χ3v) is 6.27. The predicted molar refractivity (Wildman–Crippen MR) is 113 cm³/mol. The number of nitrogens with zero attached hydrogens (tertiary/aromatic N) is 5. The van der Waals surface area contributed by atoms with Crippen LogP contribution < -0.4 is 0 Å². The van der Waals surface area contributed by atoms with Crippen LogP contribution in [0.25, 0.3) is 5.65 Å². The summed E-state index contributed by atoms with van der Waals surface area (Å²) in [4.78, 5) is 26.4. The van der Waals surface area contributed by atoms with Gasteiger partial charge in [0.15, 0.2) is 5.69 Å². The molecule has 2 aliphatic rings. The van der Waals surface area contributed by atoms with Gasteiger partial charge in [-0.15, -0.1) is 0 Å². The number of pyridine rings is 2. The molecule has 0 aliphatic carbocycles. The zero-order chi connectivity index (χ0) is 20.3. The maximum atomic E-state index is 13.2. The van der Waals surface area contributed by atoms with E-state index in [1.165, 1.54) is 5.56 Å². The molecule has 30 heavy (non-hydrogen) atoms. The summed E-state index contributed by atoms with van der Waals surface area (Å²) in [6.45, 7) is 5.21. The summed E-state index contributed by atoms with van der Waals surface area (Å²) in [6, 6.07) is 10.2. The molecule has 5 heterocycles. The van der Waals surface area contributed by atoms with E-state index in [9.17, 15) is 4.79 Å². The van der Waals surface area contributed by atoms with Crippen molar-refractivity contribution in [2.45, 2.75) is 25.3 Å². The first kappa shape index (κ1) is 19.2. The molecular weight excluding hydrogens is 378 g/mol. The number of rotatable bonds is 4. The van der Waals surface area contributed by atoms with Gasteiger partial charge < -0.3 is 14.0 Å². The third-order valence-electron chi connectivity index (χ3n) is 6.27. The molecular formula is C23H27N5O2. The molecule has 0 saturated carbocycles. The predicted octanol–water partition coefficient (Wildman–Crippen LogP) is 2.58. The number of ether oxygens (including phenoxy) is 1. The molecule has 0 unspecified atom stereocenters. The molecule has 0 N–H and O–H groups in total. The lowest BCUT2D eigenvalue weighted by Crippen LogP contribution is -2.41. The first-order chi connectivity index (χ1) is 14.8. The number of morpholine rings is 1. The van der Waals surface area contributed by atoms with Crippen LogP contribution in [-0.2, 0) is 11.3 Å². The molecule has 0 bridgehead atoms. The molecule has 2 fully saturated rings. The van der Waals surface area contributed by atoms with Crippen LogP contribution in [0.5, 0.6) is 0 Å². The van der Waals surface area contributed by atoms with E-state index < -0.39 is 0 Å². The minimum atomic E-state index is 0.0173. The van der Waals surface area contributed by atoms with Crippen LogP contribution in [0.2, 0.25) is 0 Å². The molecule has 0 aromatic carbocycles. The van der Waals surface area contributed by atoms with Crippen LogP contribution >= 0.6 is 0 Å². The van der Waals surface area contributed by atoms with Crippen molar-refractivity contribution < 1.29 is 9.53 Å². The zero-order valence-electron chi connectivity index (χ0n) is 17.1. The molecule has 7 heteroatoms. The molecule has 0 radical (unpaired) electrons. The van der Waals surface area contributed by atoms with Crippen molar-refractivity contribution in [3.63, 3.8) is 0 Å². The van der Waals surface area contributed by atoms with Crippen LogP contribution in [0.15, 0.2) is 48.9 Å². The number of imidazole rings is 1. The lowest BCUT2D eigenvalue weighted by molar-refractivity contribution is 0.0297. The molecule has 3 aromatic rings. The van der Waals surface area contributed by atoms with Crippen LogP contribution in [0.3, 0.4) is 0 Å². The summed E-state index contributed by atoms with van der Waals surface area (Å²) >= 11 is 0. The monoisotopic (exact) mass is 405 g/mol. The largest absolute Gasteiger partial charge is 0.378 e. The van der Waals surface area contributed by atoms with Gasteiger partial charge in [0.1, 0.15) is 5.65 Å². The van der Waals surface area contributed by atoms with Crippen molar-refractivity contribution in [2.75, 3.05) is 39.4 Å². The second-order valence-electron chi connectivity index (χ2n) is 8.07. The SMILES string of the molecule is O=C(c1nc2ccccn2c1CN1CCC(c2ccncc2)CC1)N1CCOCC1. The zero-order valence-corrected chi connectivity index (χ0v) is 17.1. The summed E-state index contributed by atoms with van der Waals surface area (Å²) in [7, 11) is 0. The Balaban J connectivity index is 1.35. The molecule has 2 aliphatic heterocycles. The highest BCUT2D eigenvalue weighted by molar-refractivity contribution is 5.94. The van der Waals surface area contributed by atoms with Crippen molar-refractivity contribution in [1.82, 2.24) is 24.2 Å². The van der Waals surface area contributed by atoms with Crippen molar-refractivity contribution in [2.24, 2.45) is 0 Å². The van der Waals surface area contributed by atoms with E-state index in [0.29, 0.717) is 37.9 Å². The number of hydrogen-bond donors (Lipinski definition) is 0. The Morgan fingerprint density at radius 3 is 2.57 bits per heavy atom. The molecule has 0 atom stereocenters. The second kappa shape index (κ2) is 8.53. The van der Waals surface area contributed by atoms with Crippen LogP contribution in [-0.4, -0.2) is 69.5 Å². The Kier molecular flexibility index (Phi) is 5.46. The van der Waals surface area contributed by atoms with Gasteiger partial charge in [0, 0.05) is 38.2 Å². The first-order valence-corrected chi connectivity index (χ1v) is 10.7. The van der Waals surface area contributed by atoms with Gasteiger partial charge in [0.25, 0.3) is 5.91 Å². The Morgan fingerprint density at radius 1 is 1.03 bits per heavy atom. The lowest BCUT2D eigenvalue weighted by atomic mass is 9.90. The molecule has 1 amide bonds. The molecule has 2 saturated heterocycles. The molecule has 0 spiro atoms. The van der Waals surface area contributed by atoms with E-state index in [4.69, 9.17) is 9.72 Å². The van der Waals surface area contributed by atoms with Crippen molar-refractivity contribution in [3.8, 4) is 0 Å². The quantitative estimate of drug-likeness (QED) is 0.668. The summed E-state index contributed by atoms with van der Waals surface area (Å²) in [5.74, 6) is 0.601. The number of piperidine rings is 1. The number of carbonyl (C=O) groups is 1. The van der Waals surface area contributed by atoms with Gasteiger partial charge in [-0.2, -0.15) is 0 Å². The number of hydrogen-bond acceptors (Lipinski definition) is 5. The number of amides is 1. The fraction of sp³-hybridized carbons (Fsp3) is 0.435. The molecule has 5 rings (SSSR count). The third kappa shape index (κ3) is 3.82. The standard InChI is InChI=1S/C23H27N5O2/c29-23(27-13-15-30-16-14-27)22-20(28-10-2-1-3-21(28)25-22)17-26-11-6-19(7-12-26)18-4-8-24-9-5-18/h1-5,8-10,19H,6-7,11-17H2. The van der Waals surface area contributed by atoms with E-state index in [-0.39, 0.29) is 5.91 Å². The summed E-state index contributed by atoms with van der Waals surface area (Å²) in [5, 5.41) is 0. The van der Waals surface area contributed by atoms with Gasteiger partial charge in [0.05, 0.1) is 18.9 Å². The Bertz CT molecular complexity index is 1000. The number of fused-ring (bicyclic) bond motifs is 1. The number of carbonyl (C=O) groups excluding carboxylic acids is 1. The van der Waals surface area contributed by atoms with Crippen molar-refractivity contribution in [3.05, 3.63) is 65.9 Å². The van der Waals surface area contributed by atoms with Crippen molar-refractivity contribution in [1.29, 1.82) is 0 Å². The topological polar surface area (TPSA) is 63.0 Å². The maximum absolute atomic E-state index is 13.2. The van der Waals surface area contributed by atoms with Gasteiger partial charge in [-0.25, -0.2) is 4.98 Å². The average molecular weight is 406 g/mol. The number of likely N-dealkylation sites (tertiary alicyclic amines) is 1. The van der Waals surface area contributed by atoms with Gasteiger partial charge in [-0.05, 0) is 61.7 Å². The van der Waals surface area contributed by atoms with E-state index >= 15 is 0 Å². The minimum absolute atomic E-state index is 0.0173. The summed E-state index contributed by atoms with van der Waals surface area (Å²) in [5.41, 5.74) is 3.78. The van der Waals surface area contributed by atoms with Crippen LogP contribution in [0.1, 0.15) is 40.5 Å². The van der Waals surface area contributed by atoms with E-state index in [1.807, 2.05) is 41.7 Å². The minimum Gasteiger partial charge on any atom is -0.378 e. The Morgan fingerprint density at radius 2 is 1.80 bits per heavy atom. The Hall–Kier alpha value is -2.77. The summed E-state index contributed by atoms with van der Waals surface area (Å²) in [6.07, 6.45) is 8.01. The highest BCUT2D eigenvalue weighted by Crippen LogP contribution is 2.29. The van der Waals surface area contributed by atoms with E-state index in [0.717, 1.165) is 43.8 Å².